The van der Waals surface area contributed by atoms with Gasteiger partial charge in [-0.1, -0.05) is 25.1 Å². The van der Waals surface area contributed by atoms with Crippen LogP contribution in [-0.2, 0) is 19.1 Å². The molecule has 0 unspecified atom stereocenters. The van der Waals surface area contributed by atoms with Crippen molar-refractivity contribution in [2.45, 2.75) is 19.4 Å². The Hall–Kier alpha value is -2.37. The number of methoxy groups -OCH3 is 2. The number of ether oxygens (including phenoxy) is 2. The van der Waals surface area contributed by atoms with E-state index >= 15 is 0 Å². The topological polar surface area (TPSA) is 81.7 Å². The van der Waals surface area contributed by atoms with Crippen LogP contribution in [0.3, 0.4) is 0 Å². The lowest BCUT2D eigenvalue weighted by Gasteiger charge is -2.22. The average molecular weight is 293 g/mol. The molecule has 6 heteroatoms. The highest BCUT2D eigenvalue weighted by molar-refractivity contribution is 5.96. The summed E-state index contributed by atoms with van der Waals surface area (Å²) >= 11 is 0. The second-order valence-electron chi connectivity index (χ2n) is 4.60. The van der Waals surface area contributed by atoms with E-state index in [-0.39, 0.29) is 6.42 Å². The Morgan fingerprint density at radius 1 is 1.10 bits per heavy atom. The van der Waals surface area contributed by atoms with Gasteiger partial charge in [-0.3, -0.25) is 9.59 Å². The van der Waals surface area contributed by atoms with E-state index in [0.717, 1.165) is 0 Å². The summed E-state index contributed by atoms with van der Waals surface area (Å²) in [6.45, 7) is 1.67. The van der Waals surface area contributed by atoms with Gasteiger partial charge in [0.1, 0.15) is 6.04 Å². The third kappa shape index (κ3) is 4.91. The van der Waals surface area contributed by atoms with Gasteiger partial charge >= 0.3 is 11.9 Å². The summed E-state index contributed by atoms with van der Waals surface area (Å²) in [5.74, 6) is -1.90. The van der Waals surface area contributed by atoms with Crippen molar-refractivity contribution in [3.63, 3.8) is 0 Å². The summed E-state index contributed by atoms with van der Waals surface area (Å²) in [6, 6.07) is 7.58. The van der Waals surface area contributed by atoms with Gasteiger partial charge in [0.15, 0.2) is 0 Å². The molecule has 6 nitrogen and oxygen atoms in total. The van der Waals surface area contributed by atoms with Crippen LogP contribution in [0.2, 0.25) is 0 Å². The summed E-state index contributed by atoms with van der Waals surface area (Å²) in [5, 5.41) is 2.59. The summed E-state index contributed by atoms with van der Waals surface area (Å²) in [5.41, 5.74) is 0.427. The Bertz CT molecular complexity index is 500. The van der Waals surface area contributed by atoms with Gasteiger partial charge < -0.3 is 14.8 Å². The molecule has 0 saturated heterocycles. The van der Waals surface area contributed by atoms with Crippen LogP contribution in [0.15, 0.2) is 30.3 Å². The zero-order valence-electron chi connectivity index (χ0n) is 12.3. The van der Waals surface area contributed by atoms with Gasteiger partial charge in [-0.05, 0) is 18.1 Å². The van der Waals surface area contributed by atoms with Crippen molar-refractivity contribution >= 4 is 17.8 Å². The Morgan fingerprint density at radius 2 is 1.71 bits per heavy atom. The molecule has 0 saturated carbocycles. The van der Waals surface area contributed by atoms with Crippen molar-refractivity contribution in [3.8, 4) is 0 Å². The Labute approximate surface area is 123 Å². The summed E-state index contributed by atoms with van der Waals surface area (Å²) in [7, 11) is 2.50. The van der Waals surface area contributed by atoms with Crippen LogP contribution in [0.25, 0.3) is 0 Å². The van der Waals surface area contributed by atoms with E-state index in [1.165, 1.54) is 14.2 Å². The minimum atomic E-state index is -0.915. The molecule has 0 radical (unpaired) electrons. The summed E-state index contributed by atoms with van der Waals surface area (Å²) < 4.78 is 9.25. The molecule has 0 heterocycles. The van der Waals surface area contributed by atoms with E-state index in [1.807, 2.05) is 0 Å². The number of carbonyl (C=O) groups excluding carboxylic acids is 3. The predicted octanol–water partition coefficient (Wildman–Crippen LogP) is 1.16. The number of amides is 1. The van der Waals surface area contributed by atoms with E-state index in [0.29, 0.717) is 5.56 Å². The van der Waals surface area contributed by atoms with Crippen LogP contribution in [0.5, 0.6) is 0 Å². The molecule has 0 aliphatic carbocycles. The van der Waals surface area contributed by atoms with Crippen LogP contribution in [-0.4, -0.2) is 38.1 Å². The van der Waals surface area contributed by atoms with Crippen LogP contribution in [0.4, 0.5) is 0 Å². The molecule has 0 aromatic heterocycles. The summed E-state index contributed by atoms with van der Waals surface area (Å²) in [4.78, 5) is 35.2. The average Bonchev–Trinajstić information content (AvgIpc) is 2.52. The SMILES string of the molecule is COC(=O)C[C@H](C)[C@H](NC(=O)c1ccccc1)C(=O)OC. The lowest BCUT2D eigenvalue weighted by Crippen LogP contribution is -2.46. The van der Waals surface area contributed by atoms with Crippen molar-refractivity contribution in [2.24, 2.45) is 5.92 Å². The van der Waals surface area contributed by atoms with Crippen LogP contribution >= 0.6 is 0 Å². The fourth-order valence-electron chi connectivity index (χ4n) is 1.84. The minimum absolute atomic E-state index is 0.00529. The monoisotopic (exact) mass is 293 g/mol. The maximum atomic E-state index is 12.1. The maximum Gasteiger partial charge on any atom is 0.328 e. The van der Waals surface area contributed by atoms with E-state index in [1.54, 1.807) is 37.3 Å². The molecular formula is C15H19NO5. The molecule has 21 heavy (non-hydrogen) atoms. The van der Waals surface area contributed by atoms with Crippen molar-refractivity contribution in [3.05, 3.63) is 35.9 Å². The molecule has 1 amide bonds. The smallest absolute Gasteiger partial charge is 0.328 e. The second kappa shape index (κ2) is 8.04. The van der Waals surface area contributed by atoms with Gasteiger partial charge in [-0.15, -0.1) is 0 Å². The highest BCUT2D eigenvalue weighted by Crippen LogP contribution is 2.12. The molecule has 114 valence electrons. The van der Waals surface area contributed by atoms with E-state index in [4.69, 9.17) is 0 Å². The fourth-order valence-corrected chi connectivity index (χ4v) is 1.84. The van der Waals surface area contributed by atoms with E-state index < -0.39 is 29.8 Å². The van der Waals surface area contributed by atoms with Gasteiger partial charge in [0, 0.05) is 5.56 Å². The van der Waals surface area contributed by atoms with Gasteiger partial charge in [0.2, 0.25) is 0 Å². The lowest BCUT2D eigenvalue weighted by atomic mass is 9.98. The standard InChI is InChI=1S/C15H19NO5/c1-10(9-12(17)20-2)13(15(19)21-3)16-14(18)11-7-5-4-6-8-11/h4-8,10,13H,9H2,1-3H3,(H,16,18)/t10-,13-/m0/s1. The largest absolute Gasteiger partial charge is 0.469 e. The Kier molecular flexibility index (Phi) is 6.39. The molecule has 1 rings (SSSR count). The first-order valence-electron chi connectivity index (χ1n) is 6.50. The molecule has 0 bridgehead atoms. The molecule has 0 spiro atoms. The predicted molar refractivity (Wildman–Crippen MR) is 75.5 cm³/mol. The number of hydrogen-bond donors (Lipinski definition) is 1. The molecule has 0 fully saturated rings. The molecule has 1 N–H and O–H groups in total. The number of rotatable bonds is 6. The molecule has 1 aromatic rings. The number of carbonyl (C=O) groups is 3. The van der Waals surface area contributed by atoms with Gasteiger partial charge in [0.05, 0.1) is 20.6 Å². The lowest BCUT2D eigenvalue weighted by molar-refractivity contribution is -0.146. The van der Waals surface area contributed by atoms with Crippen molar-refractivity contribution in [1.82, 2.24) is 5.32 Å². The number of hydrogen-bond acceptors (Lipinski definition) is 5. The molecule has 2 atom stereocenters. The first-order chi connectivity index (χ1) is 9.99. The summed E-state index contributed by atoms with van der Waals surface area (Å²) in [6.07, 6.45) is 0.00529. The first kappa shape index (κ1) is 16.7. The Balaban J connectivity index is 2.81. The van der Waals surface area contributed by atoms with E-state index in [2.05, 4.69) is 14.8 Å². The minimum Gasteiger partial charge on any atom is -0.469 e. The zero-order chi connectivity index (χ0) is 15.8. The third-order valence-electron chi connectivity index (χ3n) is 3.06. The molecular weight excluding hydrogens is 274 g/mol. The Morgan fingerprint density at radius 3 is 2.24 bits per heavy atom. The zero-order valence-corrected chi connectivity index (χ0v) is 12.3. The van der Waals surface area contributed by atoms with E-state index in [9.17, 15) is 14.4 Å². The first-order valence-corrected chi connectivity index (χ1v) is 6.50. The van der Waals surface area contributed by atoms with Gasteiger partial charge in [-0.25, -0.2) is 4.79 Å². The van der Waals surface area contributed by atoms with Crippen LogP contribution < -0.4 is 5.32 Å². The normalized spacial score (nSPS) is 12.9. The molecule has 1 aromatic carbocycles. The quantitative estimate of drug-likeness (QED) is 0.796. The highest BCUT2D eigenvalue weighted by atomic mass is 16.5. The molecule has 0 aliphatic rings. The second-order valence-corrected chi connectivity index (χ2v) is 4.60. The van der Waals surface area contributed by atoms with Crippen LogP contribution in [0.1, 0.15) is 23.7 Å². The van der Waals surface area contributed by atoms with Gasteiger partial charge in [0.25, 0.3) is 5.91 Å². The third-order valence-corrected chi connectivity index (χ3v) is 3.06. The number of benzene rings is 1. The fraction of sp³-hybridized carbons (Fsp3) is 0.400. The maximum absolute atomic E-state index is 12.1. The number of esters is 2. The molecule has 0 aliphatic heterocycles. The van der Waals surface area contributed by atoms with Crippen molar-refractivity contribution in [1.29, 1.82) is 0 Å². The van der Waals surface area contributed by atoms with Crippen LogP contribution in [0, 0.1) is 5.92 Å². The van der Waals surface area contributed by atoms with Gasteiger partial charge in [-0.2, -0.15) is 0 Å². The number of nitrogens with one attached hydrogen (secondary N) is 1. The van der Waals surface area contributed by atoms with Crippen molar-refractivity contribution in [2.75, 3.05) is 14.2 Å². The van der Waals surface area contributed by atoms with Crippen molar-refractivity contribution < 1.29 is 23.9 Å². The highest BCUT2D eigenvalue weighted by Gasteiger charge is 2.29.